The van der Waals surface area contributed by atoms with Gasteiger partial charge >= 0.3 is 0 Å². The molecule has 1 saturated heterocycles. The van der Waals surface area contributed by atoms with Crippen LogP contribution in [0, 0.1) is 0 Å². The monoisotopic (exact) mass is 264 g/mol. The average Bonchev–Trinajstić information content (AvgIpc) is 2.59. The Morgan fingerprint density at radius 3 is 2.88 bits per heavy atom. The highest BCUT2D eigenvalue weighted by atomic mass is 35.5. The van der Waals surface area contributed by atoms with E-state index in [9.17, 15) is 5.11 Å². The maximum absolute atomic E-state index is 9.23. The number of aliphatic hydroxyl groups excluding tert-OH is 1. The maximum Gasteiger partial charge on any atom is 0.156 e. The standard InChI is InChI=1S/C11H14Cl2O3/c1-6-15-9(5-14)11(16-6)10-7(12)3-2-4-8(10)13/h2-3,6,8-9,11,14H,4-5H2,1H3/t6-,8?,9-,11-/m0/s1. The summed E-state index contributed by atoms with van der Waals surface area (Å²) >= 11 is 12.3. The van der Waals surface area contributed by atoms with E-state index in [4.69, 9.17) is 32.7 Å². The SMILES string of the molecule is C[C@H]1O[C@@H](CO)[C@@H](C2=C(Cl)C=CCC2Cl)O1. The lowest BCUT2D eigenvalue weighted by molar-refractivity contribution is -0.0541. The topological polar surface area (TPSA) is 38.7 Å². The number of aliphatic hydroxyl groups is 1. The van der Waals surface area contributed by atoms with E-state index in [1.165, 1.54) is 0 Å². The van der Waals surface area contributed by atoms with Crippen molar-refractivity contribution in [3.8, 4) is 0 Å². The highest BCUT2D eigenvalue weighted by Gasteiger charge is 2.39. The number of halogens is 2. The van der Waals surface area contributed by atoms with Gasteiger partial charge in [-0.05, 0) is 25.0 Å². The number of hydrogen-bond acceptors (Lipinski definition) is 3. The molecule has 0 aromatic carbocycles. The van der Waals surface area contributed by atoms with E-state index in [0.717, 1.165) is 12.0 Å². The summed E-state index contributed by atoms with van der Waals surface area (Å²) < 4.78 is 11.0. The molecule has 1 fully saturated rings. The number of rotatable bonds is 2. The zero-order valence-corrected chi connectivity index (χ0v) is 10.4. The molecule has 1 aliphatic heterocycles. The van der Waals surface area contributed by atoms with Crippen LogP contribution in [0.3, 0.4) is 0 Å². The zero-order valence-electron chi connectivity index (χ0n) is 8.90. The smallest absolute Gasteiger partial charge is 0.156 e. The van der Waals surface area contributed by atoms with Crippen molar-refractivity contribution in [2.24, 2.45) is 0 Å². The third kappa shape index (κ3) is 2.29. The van der Waals surface area contributed by atoms with E-state index in [1.54, 1.807) is 6.92 Å². The van der Waals surface area contributed by atoms with Gasteiger partial charge in [-0.1, -0.05) is 17.7 Å². The predicted molar refractivity (Wildman–Crippen MR) is 62.6 cm³/mol. The molecule has 0 saturated carbocycles. The van der Waals surface area contributed by atoms with Crippen LogP contribution >= 0.6 is 23.2 Å². The van der Waals surface area contributed by atoms with Gasteiger partial charge in [-0.3, -0.25) is 0 Å². The minimum absolute atomic E-state index is 0.101. The number of hydrogen-bond donors (Lipinski definition) is 1. The van der Waals surface area contributed by atoms with Gasteiger partial charge < -0.3 is 14.6 Å². The Kier molecular flexibility index (Phi) is 3.93. The molecule has 1 aliphatic carbocycles. The fourth-order valence-electron chi connectivity index (χ4n) is 2.03. The summed E-state index contributed by atoms with van der Waals surface area (Å²) in [6.07, 6.45) is 3.40. The second-order valence-electron chi connectivity index (χ2n) is 3.89. The Hall–Kier alpha value is -0.0600. The summed E-state index contributed by atoms with van der Waals surface area (Å²) in [6, 6.07) is 0. The lowest BCUT2D eigenvalue weighted by Crippen LogP contribution is -2.32. The molecule has 1 unspecified atom stereocenters. The Morgan fingerprint density at radius 1 is 1.50 bits per heavy atom. The van der Waals surface area contributed by atoms with Gasteiger partial charge in [-0.15, -0.1) is 11.6 Å². The van der Waals surface area contributed by atoms with Crippen molar-refractivity contribution < 1.29 is 14.6 Å². The van der Waals surface area contributed by atoms with E-state index in [0.29, 0.717) is 5.03 Å². The molecule has 1 N–H and O–H groups in total. The van der Waals surface area contributed by atoms with Crippen molar-refractivity contribution >= 4 is 23.2 Å². The van der Waals surface area contributed by atoms with E-state index in [1.807, 2.05) is 12.2 Å². The van der Waals surface area contributed by atoms with Gasteiger partial charge in [0.05, 0.1) is 12.0 Å². The lowest BCUT2D eigenvalue weighted by Gasteiger charge is -2.24. The van der Waals surface area contributed by atoms with Crippen LogP contribution in [0.4, 0.5) is 0 Å². The van der Waals surface area contributed by atoms with E-state index >= 15 is 0 Å². The first-order valence-corrected chi connectivity index (χ1v) is 6.07. The number of ether oxygens (including phenoxy) is 2. The molecule has 0 radical (unpaired) electrons. The summed E-state index contributed by atoms with van der Waals surface area (Å²) in [5, 5.41) is 9.63. The second kappa shape index (κ2) is 5.07. The molecule has 2 aliphatic rings. The minimum atomic E-state index is -0.383. The van der Waals surface area contributed by atoms with Gasteiger partial charge in [-0.25, -0.2) is 0 Å². The molecule has 0 aromatic rings. The first kappa shape index (κ1) is 12.4. The molecule has 3 nitrogen and oxygen atoms in total. The summed E-state index contributed by atoms with van der Waals surface area (Å²) in [7, 11) is 0. The minimum Gasteiger partial charge on any atom is -0.394 e. The maximum atomic E-state index is 9.23. The molecule has 4 atom stereocenters. The van der Waals surface area contributed by atoms with Crippen molar-refractivity contribution in [2.75, 3.05) is 6.61 Å². The normalized spacial score (nSPS) is 39.5. The lowest BCUT2D eigenvalue weighted by atomic mass is 9.96. The molecule has 5 heteroatoms. The summed E-state index contributed by atoms with van der Waals surface area (Å²) in [5.41, 5.74) is 0.814. The van der Waals surface area contributed by atoms with Crippen molar-refractivity contribution in [3.63, 3.8) is 0 Å². The average molecular weight is 265 g/mol. The van der Waals surface area contributed by atoms with Crippen LogP contribution in [0.2, 0.25) is 0 Å². The molecule has 0 amide bonds. The third-order valence-electron chi connectivity index (χ3n) is 2.75. The third-order valence-corrected chi connectivity index (χ3v) is 3.51. The quantitative estimate of drug-likeness (QED) is 0.778. The van der Waals surface area contributed by atoms with Gasteiger partial charge in [0.2, 0.25) is 0 Å². The fourth-order valence-corrected chi connectivity index (χ4v) is 2.76. The molecule has 90 valence electrons. The van der Waals surface area contributed by atoms with Crippen LogP contribution in [0.1, 0.15) is 13.3 Å². The molecule has 0 spiro atoms. The predicted octanol–water partition coefficient (Wildman–Crippen LogP) is 2.17. The molecule has 2 rings (SSSR count). The van der Waals surface area contributed by atoms with Crippen molar-refractivity contribution in [1.29, 1.82) is 0 Å². The number of alkyl halides is 1. The van der Waals surface area contributed by atoms with Crippen LogP contribution in [0.5, 0.6) is 0 Å². The molecule has 1 heterocycles. The molecule has 16 heavy (non-hydrogen) atoms. The Labute approximate surface area is 105 Å². The van der Waals surface area contributed by atoms with Gasteiger partial charge in [0.1, 0.15) is 12.2 Å². The first-order valence-electron chi connectivity index (χ1n) is 5.25. The van der Waals surface area contributed by atoms with Crippen LogP contribution in [-0.4, -0.2) is 35.6 Å². The van der Waals surface area contributed by atoms with Gasteiger partial charge in [-0.2, -0.15) is 0 Å². The summed E-state index contributed by atoms with van der Waals surface area (Å²) in [4.78, 5) is 0. The van der Waals surface area contributed by atoms with Crippen LogP contribution in [-0.2, 0) is 9.47 Å². The summed E-state index contributed by atoms with van der Waals surface area (Å²) in [5.74, 6) is 0. The van der Waals surface area contributed by atoms with Crippen molar-refractivity contribution in [3.05, 3.63) is 22.8 Å². The molecule has 0 aromatic heterocycles. The highest BCUT2D eigenvalue weighted by molar-refractivity contribution is 6.33. The van der Waals surface area contributed by atoms with Crippen LogP contribution in [0.15, 0.2) is 22.8 Å². The number of allylic oxidation sites excluding steroid dienone is 3. The van der Waals surface area contributed by atoms with Gasteiger partial charge in [0.15, 0.2) is 6.29 Å². The van der Waals surface area contributed by atoms with Crippen molar-refractivity contribution in [2.45, 2.75) is 37.2 Å². The Morgan fingerprint density at radius 2 is 2.25 bits per heavy atom. The Balaban J connectivity index is 2.25. The summed E-state index contributed by atoms with van der Waals surface area (Å²) in [6.45, 7) is 1.69. The van der Waals surface area contributed by atoms with E-state index in [2.05, 4.69) is 0 Å². The van der Waals surface area contributed by atoms with Gasteiger partial charge in [0, 0.05) is 5.03 Å². The highest BCUT2D eigenvalue weighted by Crippen LogP contribution is 2.35. The fraction of sp³-hybridized carbons (Fsp3) is 0.636. The molecule has 0 bridgehead atoms. The van der Waals surface area contributed by atoms with Crippen LogP contribution < -0.4 is 0 Å². The van der Waals surface area contributed by atoms with E-state index < -0.39 is 0 Å². The second-order valence-corrected chi connectivity index (χ2v) is 4.82. The van der Waals surface area contributed by atoms with Gasteiger partial charge in [0.25, 0.3) is 0 Å². The Bertz CT molecular complexity index is 327. The zero-order chi connectivity index (χ0) is 11.7. The van der Waals surface area contributed by atoms with Crippen LogP contribution in [0.25, 0.3) is 0 Å². The molecular weight excluding hydrogens is 251 g/mol. The van der Waals surface area contributed by atoms with E-state index in [-0.39, 0.29) is 30.5 Å². The van der Waals surface area contributed by atoms with Crippen molar-refractivity contribution in [1.82, 2.24) is 0 Å². The first-order chi connectivity index (χ1) is 7.63. The molecular formula is C11H14Cl2O3. The largest absolute Gasteiger partial charge is 0.394 e.